The van der Waals surface area contributed by atoms with E-state index < -0.39 is 53.7 Å². The van der Waals surface area contributed by atoms with Gasteiger partial charge in [0.25, 0.3) is 0 Å². The van der Waals surface area contributed by atoms with Crippen molar-refractivity contribution in [3.8, 4) is 0 Å². The maximum absolute atomic E-state index is 12.0. The van der Waals surface area contributed by atoms with Gasteiger partial charge in [0.1, 0.15) is 18.3 Å². The van der Waals surface area contributed by atoms with Crippen LogP contribution in [0.4, 0.5) is 0 Å². The molecule has 1 N–H and O–H groups in total. The van der Waals surface area contributed by atoms with Crippen LogP contribution >= 0.6 is 0 Å². The molecule has 1 heterocycles. The summed E-state index contributed by atoms with van der Waals surface area (Å²) in [6.07, 6.45) is -1.74. The molecule has 0 aromatic heterocycles. The van der Waals surface area contributed by atoms with Crippen molar-refractivity contribution in [2.24, 2.45) is 23.2 Å². The molecule has 7 nitrogen and oxygen atoms in total. The van der Waals surface area contributed by atoms with Crippen LogP contribution < -0.4 is 0 Å². The second-order valence-electron chi connectivity index (χ2n) is 8.03. The summed E-state index contributed by atoms with van der Waals surface area (Å²) in [5.41, 5.74) is -0.643. The molecule has 1 aliphatic heterocycles. The molecule has 8 atom stereocenters. The van der Waals surface area contributed by atoms with Crippen LogP contribution in [0, 0.1) is 23.2 Å². The number of hydrogen-bond acceptors (Lipinski definition) is 7. The summed E-state index contributed by atoms with van der Waals surface area (Å²) in [7, 11) is 0. The van der Waals surface area contributed by atoms with Crippen LogP contribution in [-0.4, -0.2) is 47.4 Å². The molecular weight excluding hydrogens is 340 g/mol. The van der Waals surface area contributed by atoms with Gasteiger partial charge in [0.2, 0.25) is 0 Å². The van der Waals surface area contributed by atoms with E-state index in [1.165, 1.54) is 13.8 Å². The molecule has 3 rings (SSSR count). The van der Waals surface area contributed by atoms with E-state index in [0.717, 1.165) is 0 Å². The second kappa shape index (κ2) is 6.37. The minimum absolute atomic E-state index is 0.0201. The lowest BCUT2D eigenvalue weighted by Gasteiger charge is -2.42. The fraction of sp³-hybridized carbons (Fsp3) is 0.737. The number of aliphatic hydroxyl groups excluding tert-OH is 1. The van der Waals surface area contributed by atoms with Crippen molar-refractivity contribution in [2.45, 2.75) is 65.0 Å². The molecule has 0 spiro atoms. The lowest BCUT2D eigenvalue weighted by molar-refractivity contribution is -0.162. The molecule has 2 aliphatic carbocycles. The van der Waals surface area contributed by atoms with Crippen LogP contribution in [0.5, 0.6) is 0 Å². The van der Waals surface area contributed by atoms with E-state index in [4.69, 9.17) is 14.2 Å². The highest BCUT2D eigenvalue weighted by Gasteiger charge is 2.66. The summed E-state index contributed by atoms with van der Waals surface area (Å²) in [6.45, 7) is 10.3. The first kappa shape index (κ1) is 18.9. The van der Waals surface area contributed by atoms with Gasteiger partial charge in [-0.3, -0.25) is 9.59 Å². The van der Waals surface area contributed by atoms with Gasteiger partial charge in [0.15, 0.2) is 0 Å². The molecule has 0 aromatic carbocycles. The van der Waals surface area contributed by atoms with Gasteiger partial charge in [-0.25, -0.2) is 4.79 Å². The number of hydrogen-bond donors (Lipinski definition) is 1. The number of esters is 3. The normalized spacial score (nSPS) is 44.6. The smallest absolute Gasteiger partial charge is 0.334 e. The van der Waals surface area contributed by atoms with Gasteiger partial charge in [-0.1, -0.05) is 20.4 Å². The van der Waals surface area contributed by atoms with Gasteiger partial charge in [0, 0.05) is 37.2 Å². The maximum atomic E-state index is 12.0. The monoisotopic (exact) mass is 366 g/mol. The molecule has 2 saturated carbocycles. The van der Waals surface area contributed by atoms with Crippen molar-refractivity contribution >= 4 is 17.9 Å². The minimum atomic E-state index is -1.01. The van der Waals surface area contributed by atoms with Crippen molar-refractivity contribution < 1.29 is 33.7 Å². The van der Waals surface area contributed by atoms with E-state index in [-0.39, 0.29) is 17.4 Å². The molecule has 0 radical (unpaired) electrons. The quantitative estimate of drug-likeness (QED) is 0.448. The van der Waals surface area contributed by atoms with Crippen molar-refractivity contribution in [1.29, 1.82) is 0 Å². The minimum Gasteiger partial charge on any atom is -0.462 e. The summed E-state index contributed by atoms with van der Waals surface area (Å²) in [6, 6.07) is 0. The van der Waals surface area contributed by atoms with Crippen LogP contribution in [0.1, 0.15) is 40.5 Å². The van der Waals surface area contributed by atoms with Crippen LogP contribution in [0.2, 0.25) is 0 Å². The van der Waals surface area contributed by atoms with Crippen LogP contribution in [-0.2, 0) is 28.6 Å². The molecule has 3 fully saturated rings. The second-order valence-corrected chi connectivity index (χ2v) is 8.03. The summed E-state index contributed by atoms with van der Waals surface area (Å²) >= 11 is 0. The number of fused-ring (bicyclic) bond motifs is 2. The molecule has 0 bridgehead atoms. The lowest BCUT2D eigenvalue weighted by atomic mass is 9.67. The van der Waals surface area contributed by atoms with E-state index >= 15 is 0 Å². The molecule has 26 heavy (non-hydrogen) atoms. The molecule has 0 aromatic rings. The molecule has 7 heteroatoms. The standard InChI is InChI=1S/C19H26O7/c1-8-6-12-15(9(2)18(23)26-12)17(22)19(5)14(25-11(4)21)7-13(16(8)19)24-10(3)20/h8,12-17,22H,2,6-7H2,1,3-5H3/t8-,12-,13-,14-,15+,16+,17-,19+/m0/s1. The Kier molecular flexibility index (Phi) is 4.63. The maximum Gasteiger partial charge on any atom is 0.334 e. The predicted molar refractivity (Wildman–Crippen MR) is 89.6 cm³/mol. The van der Waals surface area contributed by atoms with Crippen molar-refractivity contribution in [3.63, 3.8) is 0 Å². The summed E-state index contributed by atoms with van der Waals surface area (Å²) in [4.78, 5) is 35.2. The summed E-state index contributed by atoms with van der Waals surface area (Å²) in [5.74, 6) is -2.18. The molecule has 144 valence electrons. The van der Waals surface area contributed by atoms with Crippen LogP contribution in [0.15, 0.2) is 12.2 Å². The fourth-order valence-corrected chi connectivity index (χ4v) is 5.44. The lowest BCUT2D eigenvalue weighted by Crippen LogP contribution is -2.50. The van der Waals surface area contributed by atoms with Gasteiger partial charge in [-0.2, -0.15) is 0 Å². The Hall–Kier alpha value is -1.89. The number of ether oxygens (including phenoxy) is 3. The Morgan fingerprint density at radius 2 is 1.85 bits per heavy atom. The fourth-order valence-electron chi connectivity index (χ4n) is 5.44. The van der Waals surface area contributed by atoms with E-state index in [9.17, 15) is 19.5 Å². The Bertz CT molecular complexity index is 656. The third kappa shape index (κ3) is 2.73. The van der Waals surface area contributed by atoms with Gasteiger partial charge in [-0.15, -0.1) is 0 Å². The summed E-state index contributed by atoms with van der Waals surface area (Å²) < 4.78 is 16.5. The number of carbonyl (C=O) groups is 3. The van der Waals surface area contributed by atoms with E-state index in [1.54, 1.807) is 0 Å². The highest BCUT2D eigenvalue weighted by atomic mass is 16.6. The van der Waals surface area contributed by atoms with E-state index in [0.29, 0.717) is 12.8 Å². The topological polar surface area (TPSA) is 99.1 Å². The summed E-state index contributed by atoms with van der Waals surface area (Å²) in [5, 5.41) is 11.3. The predicted octanol–water partition coefficient (Wildman–Crippen LogP) is 1.37. The number of carbonyl (C=O) groups excluding carboxylic acids is 3. The van der Waals surface area contributed by atoms with E-state index in [2.05, 4.69) is 6.58 Å². The molecule has 1 saturated heterocycles. The average Bonchev–Trinajstić information content (AvgIpc) is 2.90. The zero-order valence-electron chi connectivity index (χ0n) is 15.6. The Morgan fingerprint density at radius 1 is 1.23 bits per heavy atom. The van der Waals surface area contributed by atoms with Gasteiger partial charge >= 0.3 is 17.9 Å². The number of rotatable bonds is 2. The van der Waals surface area contributed by atoms with Crippen molar-refractivity contribution in [2.75, 3.05) is 0 Å². The first-order chi connectivity index (χ1) is 12.1. The van der Waals surface area contributed by atoms with Gasteiger partial charge in [-0.05, 0) is 12.3 Å². The zero-order valence-corrected chi connectivity index (χ0v) is 15.6. The molecule has 3 aliphatic rings. The number of aliphatic hydroxyl groups is 1. The largest absolute Gasteiger partial charge is 0.462 e. The van der Waals surface area contributed by atoms with Crippen molar-refractivity contribution in [3.05, 3.63) is 12.2 Å². The van der Waals surface area contributed by atoms with Crippen molar-refractivity contribution in [1.82, 2.24) is 0 Å². The first-order valence-corrected chi connectivity index (χ1v) is 8.99. The molecule has 0 amide bonds. The van der Waals surface area contributed by atoms with E-state index in [1.807, 2.05) is 13.8 Å². The van der Waals surface area contributed by atoms with Crippen LogP contribution in [0.3, 0.4) is 0 Å². The van der Waals surface area contributed by atoms with Crippen LogP contribution in [0.25, 0.3) is 0 Å². The Balaban J connectivity index is 2.06. The average molecular weight is 366 g/mol. The zero-order chi connectivity index (χ0) is 19.4. The third-order valence-corrected chi connectivity index (χ3v) is 6.40. The third-order valence-electron chi connectivity index (χ3n) is 6.40. The highest BCUT2D eigenvalue weighted by molar-refractivity contribution is 5.91. The Labute approximate surface area is 152 Å². The van der Waals surface area contributed by atoms with Gasteiger partial charge in [0.05, 0.1) is 12.0 Å². The molecule has 0 unspecified atom stereocenters. The van der Waals surface area contributed by atoms with Gasteiger partial charge < -0.3 is 19.3 Å². The molecular formula is C19H26O7. The Morgan fingerprint density at radius 3 is 2.42 bits per heavy atom. The first-order valence-electron chi connectivity index (χ1n) is 8.99. The highest BCUT2D eigenvalue weighted by Crippen LogP contribution is 2.58. The SMILES string of the molecule is C=C1C(=O)O[C@H]2C[C@H](C)[C@@H]3[C@@H](OC(C)=O)C[C@H](OC(C)=O)[C@@]3(C)[C@@H](O)[C@H]12.